The van der Waals surface area contributed by atoms with Gasteiger partial charge in [0.1, 0.15) is 11.6 Å². The number of nitrogens with one attached hydrogen (secondary N) is 1. The Bertz CT molecular complexity index is 623. The first-order chi connectivity index (χ1) is 8.95. The van der Waals surface area contributed by atoms with Crippen molar-refractivity contribution in [3.05, 3.63) is 59.2 Å². The first-order valence-corrected chi connectivity index (χ1v) is 5.97. The molecule has 0 atom stereocenters. The number of carbonyl (C=O) groups excluding carboxylic acids is 1. The lowest BCUT2D eigenvalue weighted by atomic mass is 10.2. The number of carbonyl (C=O) groups is 1. The Morgan fingerprint density at radius 2 is 1.89 bits per heavy atom. The normalized spacial score (nSPS) is 10.3. The van der Waals surface area contributed by atoms with E-state index in [0.717, 1.165) is 6.07 Å². The molecule has 0 aliphatic rings. The second-order valence-corrected chi connectivity index (χ2v) is 4.62. The van der Waals surface area contributed by atoms with Crippen molar-refractivity contribution in [2.24, 2.45) is 0 Å². The molecule has 1 amide bonds. The highest BCUT2D eigenvalue weighted by Crippen LogP contribution is 2.17. The third-order valence-electron chi connectivity index (χ3n) is 2.51. The Labute approximate surface area is 114 Å². The molecule has 2 nitrogen and oxygen atoms in total. The lowest BCUT2D eigenvalue weighted by Crippen LogP contribution is -2.12. The van der Waals surface area contributed by atoms with Crippen molar-refractivity contribution >= 4 is 24.2 Å². The number of hydrogen-bond acceptors (Lipinski definition) is 2. The molecule has 98 valence electrons. The molecule has 2 aromatic rings. The van der Waals surface area contributed by atoms with Crippen LogP contribution in [0.3, 0.4) is 0 Å². The fourth-order valence-corrected chi connectivity index (χ4v) is 1.88. The molecule has 0 aliphatic heterocycles. The standard InChI is InChI=1S/C14H11F2NOS/c1-8-4-10(15)7-11(5-8)17-14(18)9-2-3-12(16)13(19)6-9/h2-7,19H,1H3,(H,17,18). The van der Waals surface area contributed by atoms with Gasteiger partial charge in [0, 0.05) is 16.1 Å². The van der Waals surface area contributed by atoms with Gasteiger partial charge in [0.15, 0.2) is 0 Å². The molecule has 1 N–H and O–H groups in total. The fourth-order valence-electron chi connectivity index (χ4n) is 1.67. The first kappa shape index (κ1) is 13.5. The topological polar surface area (TPSA) is 29.1 Å². The van der Waals surface area contributed by atoms with Crippen molar-refractivity contribution < 1.29 is 13.6 Å². The van der Waals surface area contributed by atoms with Gasteiger partial charge in [0.05, 0.1) is 0 Å². The van der Waals surface area contributed by atoms with Crippen LogP contribution in [0, 0.1) is 18.6 Å². The minimum absolute atomic E-state index is 0.0862. The van der Waals surface area contributed by atoms with Crippen LogP contribution >= 0.6 is 12.6 Å². The zero-order valence-electron chi connectivity index (χ0n) is 10.1. The molecular weight excluding hydrogens is 268 g/mol. The number of thiol groups is 1. The second-order valence-electron chi connectivity index (χ2n) is 4.14. The smallest absolute Gasteiger partial charge is 0.255 e. The first-order valence-electron chi connectivity index (χ1n) is 5.53. The van der Waals surface area contributed by atoms with Gasteiger partial charge in [-0.1, -0.05) is 0 Å². The van der Waals surface area contributed by atoms with Crippen LogP contribution in [0.25, 0.3) is 0 Å². The summed E-state index contributed by atoms with van der Waals surface area (Å²) in [6.45, 7) is 1.72. The SMILES string of the molecule is Cc1cc(F)cc(NC(=O)c2ccc(F)c(S)c2)c1. The molecule has 2 rings (SSSR count). The summed E-state index contributed by atoms with van der Waals surface area (Å²) < 4.78 is 26.2. The minimum atomic E-state index is -0.499. The molecule has 5 heteroatoms. The van der Waals surface area contributed by atoms with Crippen LogP contribution in [-0.2, 0) is 0 Å². The van der Waals surface area contributed by atoms with Crippen molar-refractivity contribution in [2.75, 3.05) is 5.32 Å². The fraction of sp³-hybridized carbons (Fsp3) is 0.0714. The summed E-state index contributed by atoms with van der Waals surface area (Å²) in [6.07, 6.45) is 0. The number of halogens is 2. The summed E-state index contributed by atoms with van der Waals surface area (Å²) in [4.78, 5) is 12.0. The molecule has 0 fully saturated rings. The zero-order valence-corrected chi connectivity index (χ0v) is 11.0. The van der Waals surface area contributed by atoms with Gasteiger partial charge < -0.3 is 5.32 Å². The average molecular weight is 279 g/mol. The maximum Gasteiger partial charge on any atom is 0.255 e. The van der Waals surface area contributed by atoms with Crippen LogP contribution < -0.4 is 5.32 Å². The van der Waals surface area contributed by atoms with Crippen LogP contribution in [0.2, 0.25) is 0 Å². The summed E-state index contributed by atoms with van der Waals surface area (Å²) in [6, 6.07) is 8.05. The molecule has 19 heavy (non-hydrogen) atoms. The molecule has 0 bridgehead atoms. The Kier molecular flexibility index (Phi) is 3.85. The van der Waals surface area contributed by atoms with Gasteiger partial charge in [-0.3, -0.25) is 4.79 Å². The lowest BCUT2D eigenvalue weighted by Gasteiger charge is -2.07. The number of amides is 1. The highest BCUT2D eigenvalue weighted by Gasteiger charge is 2.09. The monoisotopic (exact) mass is 279 g/mol. The van der Waals surface area contributed by atoms with Crippen molar-refractivity contribution in [2.45, 2.75) is 11.8 Å². The third-order valence-corrected chi connectivity index (χ3v) is 2.85. The van der Waals surface area contributed by atoms with E-state index < -0.39 is 17.5 Å². The van der Waals surface area contributed by atoms with E-state index in [2.05, 4.69) is 17.9 Å². The number of hydrogen-bond donors (Lipinski definition) is 2. The van der Waals surface area contributed by atoms with Crippen LogP contribution in [-0.4, -0.2) is 5.91 Å². The third kappa shape index (κ3) is 3.32. The molecule has 0 heterocycles. The molecule has 0 spiro atoms. The van der Waals surface area contributed by atoms with Gasteiger partial charge in [-0.15, -0.1) is 12.6 Å². The molecular formula is C14H11F2NOS. The Morgan fingerprint density at radius 1 is 1.16 bits per heavy atom. The van der Waals surface area contributed by atoms with E-state index in [0.29, 0.717) is 11.3 Å². The lowest BCUT2D eigenvalue weighted by molar-refractivity contribution is 0.102. The maximum absolute atomic E-state index is 13.2. The average Bonchev–Trinajstić information content (AvgIpc) is 2.31. The number of rotatable bonds is 2. The van der Waals surface area contributed by atoms with E-state index in [9.17, 15) is 13.6 Å². The molecule has 2 aromatic carbocycles. The van der Waals surface area contributed by atoms with Gasteiger partial charge in [-0.2, -0.15) is 0 Å². The number of aryl methyl sites for hydroxylation is 1. The summed E-state index contributed by atoms with van der Waals surface area (Å²) in [5.74, 6) is -1.37. The highest BCUT2D eigenvalue weighted by atomic mass is 32.1. The van der Waals surface area contributed by atoms with Gasteiger partial charge in [-0.05, 0) is 48.9 Å². The van der Waals surface area contributed by atoms with Crippen molar-refractivity contribution in [3.8, 4) is 0 Å². The van der Waals surface area contributed by atoms with Crippen LogP contribution in [0.4, 0.5) is 14.5 Å². The van der Waals surface area contributed by atoms with Crippen LogP contribution in [0.15, 0.2) is 41.3 Å². The summed E-state index contributed by atoms with van der Waals surface area (Å²) in [5.41, 5.74) is 1.31. The molecule has 0 radical (unpaired) electrons. The summed E-state index contributed by atoms with van der Waals surface area (Å²) in [5, 5.41) is 2.55. The van der Waals surface area contributed by atoms with Crippen LogP contribution in [0.5, 0.6) is 0 Å². The molecule has 0 saturated heterocycles. The van der Waals surface area contributed by atoms with Gasteiger partial charge in [-0.25, -0.2) is 8.78 Å². The van der Waals surface area contributed by atoms with Gasteiger partial charge in [0.2, 0.25) is 0 Å². The van der Waals surface area contributed by atoms with Crippen molar-refractivity contribution in [3.63, 3.8) is 0 Å². The number of benzene rings is 2. The molecule has 0 aromatic heterocycles. The van der Waals surface area contributed by atoms with E-state index in [1.807, 2.05) is 0 Å². The van der Waals surface area contributed by atoms with Crippen molar-refractivity contribution in [1.82, 2.24) is 0 Å². The molecule has 0 saturated carbocycles. The Balaban J connectivity index is 2.22. The largest absolute Gasteiger partial charge is 0.322 e. The van der Waals surface area contributed by atoms with E-state index >= 15 is 0 Å². The summed E-state index contributed by atoms with van der Waals surface area (Å²) >= 11 is 3.91. The van der Waals surface area contributed by atoms with Crippen molar-refractivity contribution in [1.29, 1.82) is 0 Å². The van der Waals surface area contributed by atoms with Gasteiger partial charge in [0.25, 0.3) is 5.91 Å². The second kappa shape index (κ2) is 5.40. The van der Waals surface area contributed by atoms with Gasteiger partial charge >= 0.3 is 0 Å². The minimum Gasteiger partial charge on any atom is -0.322 e. The predicted octanol–water partition coefficient (Wildman–Crippen LogP) is 3.81. The van der Waals surface area contributed by atoms with Crippen LogP contribution in [0.1, 0.15) is 15.9 Å². The van der Waals surface area contributed by atoms with E-state index in [1.165, 1.54) is 24.3 Å². The number of anilines is 1. The Morgan fingerprint density at radius 3 is 2.53 bits per heavy atom. The zero-order chi connectivity index (χ0) is 14.0. The maximum atomic E-state index is 13.2. The predicted molar refractivity (Wildman–Crippen MR) is 72.7 cm³/mol. The van der Waals surface area contributed by atoms with E-state index in [-0.39, 0.29) is 10.5 Å². The molecule has 0 aliphatic carbocycles. The Hall–Kier alpha value is -1.88. The summed E-state index contributed by atoms with van der Waals surface area (Å²) in [7, 11) is 0. The molecule has 0 unspecified atom stereocenters. The highest BCUT2D eigenvalue weighted by molar-refractivity contribution is 7.80. The van der Waals surface area contributed by atoms with E-state index in [4.69, 9.17) is 0 Å². The quantitative estimate of drug-likeness (QED) is 0.804. The van der Waals surface area contributed by atoms with E-state index in [1.54, 1.807) is 13.0 Å².